The standard InChI is InChI=1S/C21H28O3/c1-11-7-8-14-13(3)21(10-9-20(4,5)24-21)17-12(2)19(23-6)18(22)15(11)16(14)17/h9-11,13-14,22H,7-8H2,1-6H3/t11?,13?,14?,21-/m0/s1. The van der Waals surface area contributed by atoms with Crippen molar-refractivity contribution in [3.63, 3.8) is 0 Å². The van der Waals surface area contributed by atoms with Gasteiger partial charge < -0.3 is 14.6 Å². The maximum Gasteiger partial charge on any atom is 0.164 e. The monoisotopic (exact) mass is 328 g/mol. The van der Waals surface area contributed by atoms with E-state index in [1.165, 1.54) is 11.1 Å². The first-order chi connectivity index (χ1) is 11.2. The molecule has 4 atom stereocenters. The van der Waals surface area contributed by atoms with Gasteiger partial charge in [0.05, 0.1) is 12.7 Å². The summed E-state index contributed by atoms with van der Waals surface area (Å²) in [5, 5.41) is 10.9. The highest BCUT2D eigenvalue weighted by atomic mass is 16.5. The maximum atomic E-state index is 10.9. The summed E-state index contributed by atoms with van der Waals surface area (Å²) in [5.74, 6) is 2.12. The highest BCUT2D eigenvalue weighted by molar-refractivity contribution is 5.67. The summed E-state index contributed by atoms with van der Waals surface area (Å²) in [4.78, 5) is 0. The zero-order valence-electron chi connectivity index (χ0n) is 15.6. The van der Waals surface area contributed by atoms with Gasteiger partial charge in [0.2, 0.25) is 0 Å². The van der Waals surface area contributed by atoms with Crippen LogP contribution in [0.3, 0.4) is 0 Å². The maximum absolute atomic E-state index is 10.9. The molecule has 1 N–H and O–H groups in total. The minimum absolute atomic E-state index is 0.266. The van der Waals surface area contributed by atoms with Gasteiger partial charge in [0.25, 0.3) is 0 Å². The number of ether oxygens (including phenoxy) is 2. The minimum Gasteiger partial charge on any atom is -0.504 e. The first kappa shape index (κ1) is 16.0. The molecule has 0 aromatic heterocycles. The van der Waals surface area contributed by atoms with Gasteiger partial charge in [-0.05, 0) is 68.6 Å². The third-order valence-electron chi connectivity index (χ3n) is 6.56. The van der Waals surface area contributed by atoms with Crippen molar-refractivity contribution in [3.8, 4) is 11.5 Å². The van der Waals surface area contributed by atoms with Crippen molar-refractivity contribution < 1.29 is 14.6 Å². The Hall–Kier alpha value is -1.48. The molecule has 130 valence electrons. The number of rotatable bonds is 1. The molecule has 1 spiro atoms. The van der Waals surface area contributed by atoms with E-state index >= 15 is 0 Å². The Balaban J connectivity index is 2.07. The molecule has 3 aliphatic rings. The van der Waals surface area contributed by atoms with E-state index in [-0.39, 0.29) is 5.60 Å². The fraction of sp³-hybridized carbons (Fsp3) is 0.619. The second kappa shape index (κ2) is 4.78. The zero-order valence-corrected chi connectivity index (χ0v) is 15.6. The van der Waals surface area contributed by atoms with Gasteiger partial charge in [-0.3, -0.25) is 0 Å². The van der Waals surface area contributed by atoms with E-state index in [0.717, 1.165) is 24.0 Å². The Morgan fingerprint density at radius 3 is 2.46 bits per heavy atom. The summed E-state index contributed by atoms with van der Waals surface area (Å²) in [6.07, 6.45) is 6.71. The molecule has 4 rings (SSSR count). The number of methoxy groups -OCH3 is 1. The third-order valence-corrected chi connectivity index (χ3v) is 6.56. The van der Waals surface area contributed by atoms with Crippen LogP contribution in [-0.2, 0) is 10.3 Å². The molecule has 1 heterocycles. The summed E-state index contributed by atoms with van der Waals surface area (Å²) in [7, 11) is 1.65. The lowest BCUT2D eigenvalue weighted by molar-refractivity contribution is -0.100. The predicted octanol–water partition coefficient (Wildman–Crippen LogP) is 4.90. The van der Waals surface area contributed by atoms with E-state index in [2.05, 4.69) is 46.8 Å². The van der Waals surface area contributed by atoms with Crippen LogP contribution in [0.4, 0.5) is 0 Å². The van der Waals surface area contributed by atoms with Crippen molar-refractivity contribution >= 4 is 0 Å². The summed E-state index contributed by atoms with van der Waals surface area (Å²) < 4.78 is 12.3. The van der Waals surface area contributed by atoms with Crippen LogP contribution in [0.1, 0.15) is 74.6 Å². The molecule has 0 saturated heterocycles. The summed E-state index contributed by atoms with van der Waals surface area (Å²) in [6.45, 7) is 10.8. The lowest BCUT2D eigenvalue weighted by Crippen LogP contribution is -2.35. The molecule has 0 radical (unpaired) electrons. The van der Waals surface area contributed by atoms with Crippen molar-refractivity contribution in [1.82, 2.24) is 0 Å². The molecule has 2 aliphatic carbocycles. The molecule has 3 heteroatoms. The SMILES string of the molecule is COc1c(C)c2c3c(c1O)C(C)CCC3C(C)[C@@]21C=CC(C)(C)O1. The van der Waals surface area contributed by atoms with E-state index in [9.17, 15) is 5.11 Å². The number of hydrogen-bond acceptors (Lipinski definition) is 3. The molecule has 1 aromatic rings. The largest absolute Gasteiger partial charge is 0.504 e. The second-order valence-electron chi connectivity index (χ2n) is 8.41. The molecule has 3 nitrogen and oxygen atoms in total. The van der Waals surface area contributed by atoms with Crippen LogP contribution in [-0.4, -0.2) is 17.8 Å². The van der Waals surface area contributed by atoms with Crippen LogP contribution in [0.15, 0.2) is 12.2 Å². The van der Waals surface area contributed by atoms with Crippen molar-refractivity contribution in [2.45, 2.75) is 70.5 Å². The molecular weight excluding hydrogens is 300 g/mol. The third kappa shape index (κ3) is 1.77. The van der Waals surface area contributed by atoms with Gasteiger partial charge in [-0.25, -0.2) is 0 Å². The number of phenolic OH excluding ortho intramolecular Hbond substituents is 1. The number of hydrogen-bond donors (Lipinski definition) is 1. The normalized spacial score (nSPS) is 35.5. The first-order valence-corrected chi connectivity index (χ1v) is 9.08. The average molecular weight is 328 g/mol. The van der Waals surface area contributed by atoms with E-state index in [0.29, 0.717) is 29.3 Å². The topological polar surface area (TPSA) is 38.7 Å². The Morgan fingerprint density at radius 1 is 1.17 bits per heavy atom. The molecule has 0 saturated carbocycles. The van der Waals surface area contributed by atoms with Gasteiger partial charge in [0.15, 0.2) is 11.5 Å². The fourth-order valence-electron chi connectivity index (χ4n) is 5.47. The van der Waals surface area contributed by atoms with E-state index in [4.69, 9.17) is 9.47 Å². The summed E-state index contributed by atoms with van der Waals surface area (Å²) in [5.41, 5.74) is 4.04. The van der Waals surface area contributed by atoms with Gasteiger partial charge >= 0.3 is 0 Å². The van der Waals surface area contributed by atoms with Crippen LogP contribution in [0.5, 0.6) is 11.5 Å². The molecule has 1 aliphatic heterocycles. The van der Waals surface area contributed by atoms with Crippen LogP contribution in [0, 0.1) is 12.8 Å². The molecule has 24 heavy (non-hydrogen) atoms. The van der Waals surface area contributed by atoms with Crippen molar-refractivity contribution in [3.05, 3.63) is 34.4 Å². The molecule has 0 bridgehead atoms. The van der Waals surface area contributed by atoms with Gasteiger partial charge in [-0.15, -0.1) is 0 Å². The molecule has 3 unspecified atom stereocenters. The van der Waals surface area contributed by atoms with Crippen LogP contribution >= 0.6 is 0 Å². The summed E-state index contributed by atoms with van der Waals surface area (Å²) >= 11 is 0. The predicted molar refractivity (Wildman–Crippen MR) is 94.9 cm³/mol. The Bertz CT molecular complexity index is 746. The van der Waals surface area contributed by atoms with Crippen LogP contribution in [0.25, 0.3) is 0 Å². The van der Waals surface area contributed by atoms with Crippen molar-refractivity contribution in [2.24, 2.45) is 5.92 Å². The van der Waals surface area contributed by atoms with E-state index < -0.39 is 5.60 Å². The van der Waals surface area contributed by atoms with E-state index in [1.807, 2.05) is 0 Å². The quantitative estimate of drug-likeness (QED) is 0.745. The van der Waals surface area contributed by atoms with Gasteiger partial charge in [-0.1, -0.05) is 19.9 Å². The smallest absolute Gasteiger partial charge is 0.164 e. The number of fused-ring (bicyclic) bond motifs is 1. The number of phenols is 1. The molecule has 0 fully saturated rings. The van der Waals surface area contributed by atoms with Crippen LogP contribution < -0.4 is 4.74 Å². The zero-order chi connectivity index (χ0) is 17.4. The van der Waals surface area contributed by atoms with Crippen molar-refractivity contribution in [1.29, 1.82) is 0 Å². The van der Waals surface area contributed by atoms with Gasteiger partial charge in [0.1, 0.15) is 5.60 Å². The summed E-state index contributed by atoms with van der Waals surface area (Å²) in [6, 6.07) is 0. The number of aromatic hydroxyl groups is 1. The first-order valence-electron chi connectivity index (χ1n) is 9.08. The minimum atomic E-state index is -0.395. The highest BCUT2D eigenvalue weighted by Gasteiger charge is 2.57. The van der Waals surface area contributed by atoms with Crippen LogP contribution in [0.2, 0.25) is 0 Å². The molecular formula is C21H28O3. The van der Waals surface area contributed by atoms with Crippen molar-refractivity contribution in [2.75, 3.05) is 7.11 Å². The molecule has 1 aromatic carbocycles. The second-order valence-corrected chi connectivity index (χ2v) is 8.41. The average Bonchev–Trinajstić information content (AvgIpc) is 2.95. The highest BCUT2D eigenvalue weighted by Crippen LogP contribution is 2.64. The van der Waals surface area contributed by atoms with Gasteiger partial charge in [-0.2, -0.15) is 0 Å². The Labute approximate surface area is 144 Å². The lowest BCUT2D eigenvalue weighted by Gasteiger charge is -2.35. The molecule has 0 amide bonds. The Morgan fingerprint density at radius 2 is 1.88 bits per heavy atom. The Kier molecular flexibility index (Phi) is 3.19. The number of benzene rings is 1. The fourth-order valence-corrected chi connectivity index (χ4v) is 5.47. The van der Waals surface area contributed by atoms with E-state index in [1.54, 1.807) is 7.11 Å². The lowest BCUT2D eigenvalue weighted by atomic mass is 9.75. The van der Waals surface area contributed by atoms with Gasteiger partial charge in [0, 0.05) is 11.1 Å².